The van der Waals surface area contributed by atoms with E-state index >= 15 is 0 Å². The molecule has 3 rings (SSSR count). The number of anilines is 1. The normalized spacial score (nSPS) is 10.7. The van der Waals surface area contributed by atoms with Crippen LogP contribution in [-0.2, 0) is 13.6 Å². The van der Waals surface area contributed by atoms with Gasteiger partial charge in [0.2, 0.25) is 0 Å². The molecule has 0 amide bonds. The average molecular weight is 284 g/mol. The fourth-order valence-electron chi connectivity index (χ4n) is 2.13. The highest BCUT2D eigenvalue weighted by Gasteiger charge is 2.14. The predicted octanol–water partition coefficient (Wildman–Crippen LogP) is 1.88. The van der Waals surface area contributed by atoms with Crippen molar-refractivity contribution in [2.75, 3.05) is 5.32 Å². The van der Waals surface area contributed by atoms with Crippen LogP contribution in [0.2, 0.25) is 0 Å². The van der Waals surface area contributed by atoms with Crippen molar-refractivity contribution in [2.24, 2.45) is 7.05 Å². The quantitative estimate of drug-likeness (QED) is 0.580. The summed E-state index contributed by atoms with van der Waals surface area (Å²) in [5.74, 6) is 0.774. The summed E-state index contributed by atoms with van der Waals surface area (Å²) in [5.41, 5.74) is 0.836. The molecule has 0 saturated heterocycles. The first-order chi connectivity index (χ1) is 10.2. The maximum atomic E-state index is 11.1. The number of aromatic nitrogens is 4. The molecular weight excluding hydrogens is 272 g/mol. The zero-order chi connectivity index (χ0) is 14.8. The molecule has 0 radical (unpaired) electrons. The number of aryl methyl sites for hydroxylation is 1. The molecule has 0 aliphatic rings. The van der Waals surface area contributed by atoms with E-state index < -0.39 is 4.92 Å². The van der Waals surface area contributed by atoms with Gasteiger partial charge in [-0.15, -0.1) is 10.2 Å². The van der Waals surface area contributed by atoms with E-state index in [0.717, 1.165) is 16.9 Å². The largest absolute Gasteiger partial charge is 0.377 e. The van der Waals surface area contributed by atoms with Crippen LogP contribution in [0.15, 0.2) is 36.9 Å². The van der Waals surface area contributed by atoms with E-state index in [4.69, 9.17) is 0 Å². The molecule has 21 heavy (non-hydrogen) atoms. The Morgan fingerprint density at radius 1 is 1.33 bits per heavy atom. The number of nitrogens with zero attached hydrogens (tertiary/aromatic N) is 5. The van der Waals surface area contributed by atoms with E-state index in [9.17, 15) is 10.1 Å². The molecule has 0 fully saturated rings. The molecule has 0 atom stereocenters. The molecule has 2 aromatic heterocycles. The van der Waals surface area contributed by atoms with Gasteiger partial charge in [-0.2, -0.15) is 0 Å². The van der Waals surface area contributed by atoms with Crippen LogP contribution in [0.1, 0.15) is 5.82 Å². The van der Waals surface area contributed by atoms with Gasteiger partial charge in [0.15, 0.2) is 5.82 Å². The van der Waals surface area contributed by atoms with Crippen molar-refractivity contribution in [1.29, 1.82) is 0 Å². The Labute approximate surface area is 119 Å². The number of hydrogen-bond acceptors (Lipinski definition) is 6. The first-order valence-electron chi connectivity index (χ1n) is 6.24. The fraction of sp³-hybridized carbons (Fsp3) is 0.154. The summed E-state index contributed by atoms with van der Waals surface area (Å²) in [6.45, 7) is 0.478. The van der Waals surface area contributed by atoms with Crippen LogP contribution in [-0.4, -0.2) is 24.7 Å². The van der Waals surface area contributed by atoms with E-state index in [1.54, 1.807) is 24.7 Å². The van der Waals surface area contributed by atoms with Crippen molar-refractivity contribution in [3.05, 3.63) is 52.9 Å². The average Bonchev–Trinajstić information content (AvgIpc) is 2.89. The summed E-state index contributed by atoms with van der Waals surface area (Å²) in [4.78, 5) is 14.6. The molecule has 1 N–H and O–H groups in total. The van der Waals surface area contributed by atoms with Crippen LogP contribution in [0.5, 0.6) is 0 Å². The topological polar surface area (TPSA) is 98.8 Å². The number of rotatable bonds is 4. The van der Waals surface area contributed by atoms with Gasteiger partial charge in [0.1, 0.15) is 6.33 Å². The maximum Gasteiger partial charge on any atom is 0.278 e. The molecule has 0 spiro atoms. The van der Waals surface area contributed by atoms with Gasteiger partial charge >= 0.3 is 0 Å². The summed E-state index contributed by atoms with van der Waals surface area (Å²) >= 11 is 0. The molecule has 0 aliphatic carbocycles. The molecular formula is C13H12N6O2. The number of pyridine rings is 1. The summed E-state index contributed by atoms with van der Waals surface area (Å²) < 4.78 is 1.81. The lowest BCUT2D eigenvalue weighted by molar-refractivity contribution is -0.383. The Bertz CT molecular complexity index is 813. The van der Waals surface area contributed by atoms with Crippen LogP contribution in [0.4, 0.5) is 11.4 Å². The van der Waals surface area contributed by atoms with Crippen molar-refractivity contribution < 1.29 is 4.92 Å². The molecule has 0 saturated carbocycles. The smallest absolute Gasteiger partial charge is 0.278 e. The minimum atomic E-state index is -0.406. The van der Waals surface area contributed by atoms with E-state index in [-0.39, 0.29) is 5.69 Å². The molecule has 8 nitrogen and oxygen atoms in total. The van der Waals surface area contributed by atoms with Gasteiger partial charge in [-0.25, -0.2) is 0 Å². The Balaban J connectivity index is 1.98. The lowest BCUT2D eigenvalue weighted by Gasteiger charge is -2.09. The third-order valence-corrected chi connectivity index (χ3v) is 3.23. The Kier molecular flexibility index (Phi) is 3.19. The summed E-state index contributed by atoms with van der Waals surface area (Å²) in [5, 5.41) is 23.3. The lowest BCUT2D eigenvalue weighted by atomic mass is 10.1. The third-order valence-electron chi connectivity index (χ3n) is 3.23. The van der Waals surface area contributed by atoms with E-state index in [0.29, 0.717) is 11.9 Å². The second-order valence-corrected chi connectivity index (χ2v) is 4.52. The summed E-state index contributed by atoms with van der Waals surface area (Å²) in [6, 6.07) is 4.92. The fourth-order valence-corrected chi connectivity index (χ4v) is 2.13. The molecule has 0 unspecified atom stereocenters. The van der Waals surface area contributed by atoms with Gasteiger partial charge in [-0.3, -0.25) is 15.1 Å². The second-order valence-electron chi connectivity index (χ2n) is 4.52. The number of nitro benzene ring substituents is 1. The number of hydrogen-bond donors (Lipinski definition) is 1. The summed E-state index contributed by atoms with van der Waals surface area (Å²) in [7, 11) is 1.86. The number of fused-ring (bicyclic) bond motifs is 1. The van der Waals surface area contributed by atoms with Crippen LogP contribution in [0.3, 0.4) is 0 Å². The van der Waals surface area contributed by atoms with Gasteiger partial charge in [0.05, 0.1) is 16.9 Å². The molecule has 8 heteroatoms. The van der Waals surface area contributed by atoms with Crippen LogP contribution in [0, 0.1) is 10.1 Å². The Morgan fingerprint density at radius 3 is 2.90 bits per heavy atom. The first kappa shape index (κ1) is 13.0. The zero-order valence-corrected chi connectivity index (χ0v) is 11.2. The van der Waals surface area contributed by atoms with Crippen LogP contribution >= 0.6 is 0 Å². The highest BCUT2D eigenvalue weighted by atomic mass is 16.6. The van der Waals surface area contributed by atoms with Gasteiger partial charge in [0.25, 0.3) is 5.69 Å². The van der Waals surface area contributed by atoms with Crippen molar-refractivity contribution >= 4 is 22.1 Å². The molecule has 0 bridgehead atoms. The second kappa shape index (κ2) is 5.16. The predicted molar refractivity (Wildman–Crippen MR) is 76.7 cm³/mol. The van der Waals surface area contributed by atoms with E-state index in [1.807, 2.05) is 11.6 Å². The minimum Gasteiger partial charge on any atom is -0.377 e. The molecule has 0 aliphatic heterocycles. The number of nitrogens with one attached hydrogen (secondary N) is 1. The molecule has 106 valence electrons. The third kappa shape index (κ3) is 2.38. The number of nitro groups is 1. The summed E-state index contributed by atoms with van der Waals surface area (Å²) in [6.07, 6.45) is 4.73. The van der Waals surface area contributed by atoms with Gasteiger partial charge < -0.3 is 9.88 Å². The molecule has 3 aromatic rings. The Hall–Kier alpha value is -3.03. The van der Waals surface area contributed by atoms with Crippen molar-refractivity contribution in [1.82, 2.24) is 19.7 Å². The van der Waals surface area contributed by atoms with Gasteiger partial charge in [-0.1, -0.05) is 0 Å². The monoisotopic (exact) mass is 284 g/mol. The SMILES string of the molecule is Cn1cnnc1CNc1ccc([N+](=O)[O-])c2cnccc12. The van der Waals surface area contributed by atoms with Crippen molar-refractivity contribution in [3.63, 3.8) is 0 Å². The zero-order valence-electron chi connectivity index (χ0n) is 11.2. The number of benzene rings is 1. The van der Waals surface area contributed by atoms with E-state index in [1.165, 1.54) is 12.3 Å². The maximum absolute atomic E-state index is 11.1. The van der Waals surface area contributed by atoms with Gasteiger partial charge in [0, 0.05) is 36.6 Å². The molecule has 1 aromatic carbocycles. The first-order valence-corrected chi connectivity index (χ1v) is 6.24. The molecule has 2 heterocycles. The van der Waals surface area contributed by atoms with Crippen molar-refractivity contribution in [2.45, 2.75) is 6.54 Å². The Morgan fingerprint density at radius 2 is 2.19 bits per heavy atom. The van der Waals surface area contributed by atoms with E-state index in [2.05, 4.69) is 20.5 Å². The number of non-ortho nitro benzene ring substituents is 1. The van der Waals surface area contributed by atoms with Gasteiger partial charge in [-0.05, 0) is 12.1 Å². The van der Waals surface area contributed by atoms with Crippen molar-refractivity contribution in [3.8, 4) is 0 Å². The minimum absolute atomic E-state index is 0.0438. The lowest BCUT2D eigenvalue weighted by Crippen LogP contribution is -2.06. The van der Waals surface area contributed by atoms with Crippen LogP contribution < -0.4 is 5.32 Å². The highest BCUT2D eigenvalue weighted by Crippen LogP contribution is 2.30. The highest BCUT2D eigenvalue weighted by molar-refractivity contribution is 5.99. The van der Waals surface area contributed by atoms with Crippen LogP contribution in [0.25, 0.3) is 10.8 Å². The standard InChI is InChI=1S/C13H12N6O2/c1-18-8-16-17-13(18)7-15-11-2-3-12(19(20)21)10-6-14-5-4-9(10)11/h2-6,8,15H,7H2,1H3.